The summed E-state index contributed by atoms with van der Waals surface area (Å²) in [6, 6.07) is 0.128. The van der Waals surface area contributed by atoms with Gasteiger partial charge in [0.1, 0.15) is 0 Å². The number of aromatic amines is 1. The fourth-order valence-corrected chi connectivity index (χ4v) is 5.00. The standard InChI is InChI=1S/C20H28N2O4/c1-10-18(20(25)26-4)16(22-19(10)12(3)23)9-17(24)21-11(2)15-8-13-5-6-14(15)7-13/h11,13-15,22H,5-9H2,1-4H3,(H,21,24)/t11-,13+,14+,15+/m1/s1. The van der Waals surface area contributed by atoms with Crippen LogP contribution in [0.15, 0.2) is 0 Å². The van der Waals surface area contributed by atoms with E-state index in [2.05, 4.69) is 17.2 Å². The predicted octanol–water partition coefficient (Wildman–Crippen LogP) is 2.80. The maximum absolute atomic E-state index is 12.6. The molecule has 0 saturated heterocycles. The van der Waals surface area contributed by atoms with Crippen LogP contribution in [0, 0.1) is 24.7 Å². The van der Waals surface area contributed by atoms with E-state index in [1.54, 1.807) is 6.92 Å². The Balaban J connectivity index is 1.71. The van der Waals surface area contributed by atoms with Crippen LogP contribution in [0.5, 0.6) is 0 Å². The van der Waals surface area contributed by atoms with Crippen LogP contribution in [0.1, 0.15) is 71.6 Å². The molecule has 0 spiro atoms. The molecule has 0 unspecified atom stereocenters. The SMILES string of the molecule is COC(=O)c1c(CC(=O)N[C@H](C)[C@@H]2C[C@H]3CC[C@H]2C3)[nH]c(C(C)=O)c1C. The van der Waals surface area contributed by atoms with E-state index >= 15 is 0 Å². The van der Waals surface area contributed by atoms with Gasteiger partial charge < -0.3 is 15.0 Å². The number of carbonyl (C=O) groups excluding carboxylic acids is 3. The second-order valence-electron chi connectivity index (χ2n) is 7.90. The summed E-state index contributed by atoms with van der Waals surface area (Å²) in [7, 11) is 1.29. The van der Waals surface area contributed by atoms with Gasteiger partial charge in [0.15, 0.2) is 5.78 Å². The predicted molar refractivity (Wildman–Crippen MR) is 97.1 cm³/mol. The molecule has 142 valence electrons. The number of carbonyl (C=O) groups is 3. The first kappa shape index (κ1) is 18.7. The van der Waals surface area contributed by atoms with Crippen LogP contribution in [0.3, 0.4) is 0 Å². The molecule has 1 amide bonds. The van der Waals surface area contributed by atoms with Crippen molar-refractivity contribution in [2.24, 2.45) is 17.8 Å². The van der Waals surface area contributed by atoms with Gasteiger partial charge in [0.25, 0.3) is 0 Å². The molecule has 1 aromatic heterocycles. The van der Waals surface area contributed by atoms with Gasteiger partial charge in [-0.15, -0.1) is 0 Å². The summed E-state index contributed by atoms with van der Waals surface area (Å²) < 4.78 is 4.83. The minimum atomic E-state index is -0.532. The molecule has 0 aromatic carbocycles. The summed E-state index contributed by atoms with van der Waals surface area (Å²) in [5.41, 5.74) is 1.63. The minimum absolute atomic E-state index is 0.0315. The second kappa shape index (κ2) is 7.25. The zero-order valence-electron chi connectivity index (χ0n) is 16.0. The van der Waals surface area contributed by atoms with E-state index in [4.69, 9.17) is 4.74 Å². The monoisotopic (exact) mass is 360 g/mol. The lowest BCUT2D eigenvalue weighted by molar-refractivity contribution is -0.121. The summed E-state index contributed by atoms with van der Waals surface area (Å²) in [4.78, 5) is 39.4. The van der Waals surface area contributed by atoms with E-state index in [-0.39, 0.29) is 24.2 Å². The Labute approximate surface area is 154 Å². The van der Waals surface area contributed by atoms with Crippen LogP contribution in [-0.4, -0.2) is 35.8 Å². The van der Waals surface area contributed by atoms with Gasteiger partial charge >= 0.3 is 5.97 Å². The van der Waals surface area contributed by atoms with Gasteiger partial charge in [0, 0.05) is 18.7 Å². The number of H-pyrrole nitrogens is 1. The third-order valence-electron chi connectivity index (χ3n) is 6.23. The average Bonchev–Trinajstić information content (AvgIpc) is 3.28. The Bertz CT molecular complexity index is 736. The van der Waals surface area contributed by atoms with Gasteiger partial charge in [-0.3, -0.25) is 9.59 Å². The number of Topliss-reactive ketones (excluding diaryl/α,β-unsaturated/α-hetero) is 1. The molecule has 2 aliphatic carbocycles. The number of nitrogens with one attached hydrogen (secondary N) is 2. The Hall–Kier alpha value is -2.11. The number of rotatable bonds is 6. The lowest BCUT2D eigenvalue weighted by atomic mass is 9.84. The first-order valence-corrected chi connectivity index (χ1v) is 9.41. The van der Waals surface area contributed by atoms with Gasteiger partial charge in [-0.2, -0.15) is 0 Å². The molecule has 26 heavy (non-hydrogen) atoms. The average molecular weight is 360 g/mol. The van der Waals surface area contributed by atoms with Crippen LogP contribution in [-0.2, 0) is 16.0 Å². The second-order valence-corrected chi connectivity index (χ2v) is 7.90. The van der Waals surface area contributed by atoms with Crippen LogP contribution < -0.4 is 5.32 Å². The number of esters is 1. The summed E-state index contributed by atoms with van der Waals surface area (Å²) in [6.45, 7) is 5.20. The topological polar surface area (TPSA) is 88.3 Å². The van der Waals surface area contributed by atoms with E-state index in [0.717, 1.165) is 11.8 Å². The normalized spacial score (nSPS) is 25.2. The van der Waals surface area contributed by atoms with Crippen molar-refractivity contribution < 1.29 is 19.1 Å². The van der Waals surface area contributed by atoms with Crippen molar-refractivity contribution in [2.75, 3.05) is 7.11 Å². The molecular weight excluding hydrogens is 332 g/mol. The largest absolute Gasteiger partial charge is 0.465 e. The molecule has 4 atom stereocenters. The summed E-state index contributed by atoms with van der Waals surface area (Å²) in [5.74, 6) is 1.28. The van der Waals surface area contributed by atoms with E-state index in [0.29, 0.717) is 28.4 Å². The van der Waals surface area contributed by atoms with Crippen LogP contribution in [0.4, 0.5) is 0 Å². The van der Waals surface area contributed by atoms with Crippen molar-refractivity contribution >= 4 is 17.7 Å². The molecular formula is C20H28N2O4. The number of amides is 1. The first-order chi connectivity index (χ1) is 12.3. The fourth-order valence-electron chi connectivity index (χ4n) is 5.00. The third-order valence-corrected chi connectivity index (χ3v) is 6.23. The molecule has 0 radical (unpaired) electrons. The highest BCUT2D eigenvalue weighted by atomic mass is 16.5. The highest BCUT2D eigenvalue weighted by Crippen LogP contribution is 2.49. The smallest absolute Gasteiger partial charge is 0.339 e. The number of hydrogen-bond acceptors (Lipinski definition) is 4. The van der Waals surface area contributed by atoms with Gasteiger partial charge in [0.2, 0.25) is 5.91 Å². The number of methoxy groups -OCH3 is 1. The minimum Gasteiger partial charge on any atom is -0.465 e. The maximum atomic E-state index is 12.6. The zero-order valence-corrected chi connectivity index (χ0v) is 16.0. The molecule has 2 aliphatic rings. The molecule has 0 aliphatic heterocycles. The molecule has 2 fully saturated rings. The lowest BCUT2D eigenvalue weighted by Crippen LogP contribution is -2.41. The third kappa shape index (κ3) is 3.41. The van der Waals surface area contributed by atoms with Crippen LogP contribution in [0.25, 0.3) is 0 Å². The molecule has 6 nitrogen and oxygen atoms in total. The maximum Gasteiger partial charge on any atom is 0.339 e. The van der Waals surface area contributed by atoms with E-state index in [1.807, 2.05) is 0 Å². The molecule has 2 bridgehead atoms. The Kier molecular flexibility index (Phi) is 5.21. The Morgan fingerprint density at radius 2 is 2.00 bits per heavy atom. The number of ketones is 1. The van der Waals surface area contributed by atoms with E-state index < -0.39 is 5.97 Å². The first-order valence-electron chi connectivity index (χ1n) is 9.41. The summed E-state index contributed by atoms with van der Waals surface area (Å²) >= 11 is 0. The van der Waals surface area contributed by atoms with Crippen molar-refractivity contribution in [1.82, 2.24) is 10.3 Å². The number of fused-ring (bicyclic) bond motifs is 2. The van der Waals surface area contributed by atoms with E-state index in [1.165, 1.54) is 39.7 Å². The molecule has 3 rings (SSSR count). The number of hydrogen-bond donors (Lipinski definition) is 2. The van der Waals surface area contributed by atoms with Crippen molar-refractivity contribution in [1.29, 1.82) is 0 Å². The number of ether oxygens (including phenoxy) is 1. The fraction of sp³-hybridized carbons (Fsp3) is 0.650. The van der Waals surface area contributed by atoms with Crippen LogP contribution >= 0.6 is 0 Å². The van der Waals surface area contributed by atoms with Gasteiger partial charge in [-0.1, -0.05) is 6.42 Å². The summed E-state index contributed by atoms with van der Waals surface area (Å²) in [5, 5.41) is 3.10. The highest BCUT2D eigenvalue weighted by molar-refractivity contribution is 6.01. The molecule has 1 aromatic rings. The van der Waals surface area contributed by atoms with Crippen molar-refractivity contribution in [3.63, 3.8) is 0 Å². The molecule has 6 heteroatoms. The van der Waals surface area contributed by atoms with Crippen molar-refractivity contribution in [3.05, 3.63) is 22.5 Å². The molecule has 2 saturated carbocycles. The molecule has 1 heterocycles. The van der Waals surface area contributed by atoms with Gasteiger partial charge in [-0.25, -0.2) is 4.79 Å². The summed E-state index contributed by atoms with van der Waals surface area (Å²) in [6.07, 6.45) is 5.15. The Morgan fingerprint density at radius 1 is 1.27 bits per heavy atom. The Morgan fingerprint density at radius 3 is 2.54 bits per heavy atom. The molecule has 2 N–H and O–H groups in total. The zero-order chi connectivity index (χ0) is 19.0. The number of aromatic nitrogens is 1. The van der Waals surface area contributed by atoms with Crippen LogP contribution in [0.2, 0.25) is 0 Å². The van der Waals surface area contributed by atoms with Crippen molar-refractivity contribution in [2.45, 2.75) is 58.9 Å². The lowest BCUT2D eigenvalue weighted by Gasteiger charge is -2.28. The highest BCUT2D eigenvalue weighted by Gasteiger charge is 2.42. The van der Waals surface area contributed by atoms with E-state index in [9.17, 15) is 14.4 Å². The van der Waals surface area contributed by atoms with Gasteiger partial charge in [0.05, 0.1) is 24.8 Å². The van der Waals surface area contributed by atoms with Crippen molar-refractivity contribution in [3.8, 4) is 0 Å². The quantitative estimate of drug-likeness (QED) is 0.603. The van der Waals surface area contributed by atoms with Gasteiger partial charge in [-0.05, 0) is 56.4 Å².